The second kappa shape index (κ2) is 9.80. The first-order chi connectivity index (χ1) is 14.6. The molecular formula is C24H20N2O4. The Bertz CT molecular complexity index is 1100. The highest BCUT2D eigenvalue weighted by Crippen LogP contribution is 2.28. The second-order valence-corrected chi connectivity index (χ2v) is 6.20. The Balaban J connectivity index is 1.60. The number of nitrogens with one attached hydrogen (secondary N) is 1. The summed E-state index contributed by atoms with van der Waals surface area (Å²) in [5.41, 5.74) is 1.97. The van der Waals surface area contributed by atoms with Crippen LogP contribution in [0, 0.1) is 11.3 Å². The molecule has 1 amide bonds. The first-order valence-electron chi connectivity index (χ1n) is 9.10. The number of amides is 1. The first-order valence-corrected chi connectivity index (χ1v) is 9.10. The number of hydrogen-bond acceptors (Lipinski definition) is 5. The molecule has 0 spiro atoms. The zero-order chi connectivity index (χ0) is 21.3. The molecule has 0 unspecified atom stereocenters. The Morgan fingerprint density at radius 3 is 2.40 bits per heavy atom. The molecule has 0 radical (unpaired) electrons. The molecule has 150 valence electrons. The van der Waals surface area contributed by atoms with Gasteiger partial charge in [0.1, 0.15) is 11.5 Å². The number of hydrogen-bond donors (Lipinski definition) is 1. The van der Waals surface area contributed by atoms with Crippen molar-refractivity contribution in [2.45, 2.75) is 0 Å². The first kappa shape index (κ1) is 20.5. The van der Waals surface area contributed by atoms with Crippen LogP contribution in [0.25, 0.3) is 6.08 Å². The van der Waals surface area contributed by atoms with Gasteiger partial charge in [-0.2, -0.15) is 5.26 Å². The molecule has 6 nitrogen and oxygen atoms in total. The van der Waals surface area contributed by atoms with Gasteiger partial charge in [-0.3, -0.25) is 4.79 Å². The molecule has 0 fully saturated rings. The van der Waals surface area contributed by atoms with Crippen molar-refractivity contribution in [3.05, 3.63) is 83.9 Å². The summed E-state index contributed by atoms with van der Waals surface area (Å²) in [7, 11) is 3.13. The van der Waals surface area contributed by atoms with Gasteiger partial charge in [0.15, 0.2) is 11.5 Å². The second-order valence-electron chi connectivity index (χ2n) is 6.20. The Morgan fingerprint density at radius 2 is 1.70 bits per heavy atom. The fourth-order valence-corrected chi connectivity index (χ4v) is 2.68. The van der Waals surface area contributed by atoms with Gasteiger partial charge in [0.2, 0.25) is 5.91 Å². The van der Waals surface area contributed by atoms with E-state index in [1.165, 1.54) is 6.08 Å². The van der Waals surface area contributed by atoms with Crippen LogP contribution in [0.4, 0.5) is 5.69 Å². The lowest BCUT2D eigenvalue weighted by Crippen LogP contribution is -2.07. The van der Waals surface area contributed by atoms with Crippen molar-refractivity contribution in [2.24, 2.45) is 0 Å². The summed E-state index contributed by atoms with van der Waals surface area (Å²) >= 11 is 0. The maximum atomic E-state index is 12.2. The molecule has 6 heteroatoms. The van der Waals surface area contributed by atoms with Crippen LogP contribution in [-0.2, 0) is 4.79 Å². The van der Waals surface area contributed by atoms with Gasteiger partial charge in [0, 0.05) is 11.8 Å². The fourth-order valence-electron chi connectivity index (χ4n) is 2.68. The van der Waals surface area contributed by atoms with E-state index in [9.17, 15) is 4.79 Å². The van der Waals surface area contributed by atoms with Gasteiger partial charge in [-0.1, -0.05) is 12.1 Å². The van der Waals surface area contributed by atoms with Gasteiger partial charge in [-0.25, -0.2) is 0 Å². The van der Waals surface area contributed by atoms with Crippen LogP contribution in [0.1, 0.15) is 11.1 Å². The van der Waals surface area contributed by atoms with E-state index in [1.54, 1.807) is 81.0 Å². The van der Waals surface area contributed by atoms with Gasteiger partial charge in [0.05, 0.1) is 25.9 Å². The van der Waals surface area contributed by atoms with Crippen molar-refractivity contribution in [1.29, 1.82) is 5.26 Å². The third-order valence-electron chi connectivity index (χ3n) is 4.16. The summed E-state index contributed by atoms with van der Waals surface area (Å²) in [6, 6.07) is 21.3. The topological polar surface area (TPSA) is 80.6 Å². The molecule has 0 aliphatic carbocycles. The smallest absolute Gasteiger partial charge is 0.248 e. The number of carbonyl (C=O) groups is 1. The van der Waals surface area contributed by atoms with Crippen LogP contribution in [0.5, 0.6) is 23.0 Å². The van der Waals surface area contributed by atoms with Gasteiger partial charge in [-0.15, -0.1) is 0 Å². The lowest BCUT2D eigenvalue weighted by Gasteiger charge is -2.08. The number of rotatable bonds is 7. The monoisotopic (exact) mass is 400 g/mol. The van der Waals surface area contributed by atoms with Crippen molar-refractivity contribution in [3.63, 3.8) is 0 Å². The summed E-state index contributed by atoms with van der Waals surface area (Å²) in [5, 5.41) is 11.7. The number of nitrogens with zero attached hydrogens (tertiary/aromatic N) is 1. The quantitative estimate of drug-likeness (QED) is 0.563. The third-order valence-corrected chi connectivity index (χ3v) is 4.16. The summed E-state index contributed by atoms with van der Waals surface area (Å²) in [5.74, 6) is 2.13. The minimum Gasteiger partial charge on any atom is -0.493 e. The number of methoxy groups -OCH3 is 2. The molecule has 0 bridgehead atoms. The highest BCUT2D eigenvalue weighted by Gasteiger charge is 2.04. The standard InChI is InChI=1S/C24H20N2O4/c1-28-22-12-6-17(15-23(22)29-2)7-13-24(27)26-19-8-10-20(11-9-19)30-21-5-3-4-18(14-21)16-25/h3-15H,1-2H3,(H,26,27)/b13-7+. The van der Waals surface area contributed by atoms with E-state index in [4.69, 9.17) is 19.5 Å². The number of ether oxygens (including phenoxy) is 3. The number of anilines is 1. The van der Waals surface area contributed by atoms with Crippen molar-refractivity contribution < 1.29 is 19.0 Å². The lowest BCUT2D eigenvalue weighted by atomic mass is 10.2. The molecule has 0 heterocycles. The SMILES string of the molecule is COc1ccc(/C=C/C(=O)Nc2ccc(Oc3cccc(C#N)c3)cc2)cc1OC. The molecule has 3 aromatic rings. The number of carbonyl (C=O) groups excluding carboxylic acids is 1. The van der Waals surface area contributed by atoms with E-state index in [2.05, 4.69) is 11.4 Å². The summed E-state index contributed by atoms with van der Waals surface area (Å²) in [6.07, 6.45) is 3.13. The minimum absolute atomic E-state index is 0.264. The fraction of sp³-hybridized carbons (Fsp3) is 0.0833. The van der Waals surface area contributed by atoms with Crippen LogP contribution in [-0.4, -0.2) is 20.1 Å². The Kier molecular flexibility index (Phi) is 6.70. The highest BCUT2D eigenvalue weighted by atomic mass is 16.5. The Hall–Kier alpha value is -4.24. The van der Waals surface area contributed by atoms with Gasteiger partial charge < -0.3 is 19.5 Å². The van der Waals surface area contributed by atoms with E-state index >= 15 is 0 Å². The predicted octanol–water partition coefficient (Wildman–Crippen LogP) is 5.02. The van der Waals surface area contributed by atoms with E-state index in [0.717, 1.165) is 5.56 Å². The zero-order valence-corrected chi connectivity index (χ0v) is 16.6. The van der Waals surface area contributed by atoms with Crippen LogP contribution < -0.4 is 19.5 Å². The maximum Gasteiger partial charge on any atom is 0.248 e. The molecule has 3 aromatic carbocycles. The molecule has 0 aliphatic rings. The van der Waals surface area contributed by atoms with Crippen LogP contribution in [0.15, 0.2) is 72.8 Å². The Labute approximate surface area is 174 Å². The number of benzene rings is 3. The summed E-state index contributed by atoms with van der Waals surface area (Å²) < 4.78 is 16.2. The minimum atomic E-state index is -0.264. The number of nitriles is 1. The largest absolute Gasteiger partial charge is 0.493 e. The van der Waals surface area contributed by atoms with E-state index in [1.807, 2.05) is 6.07 Å². The third kappa shape index (κ3) is 5.40. The van der Waals surface area contributed by atoms with Crippen molar-refractivity contribution in [1.82, 2.24) is 0 Å². The van der Waals surface area contributed by atoms with Gasteiger partial charge >= 0.3 is 0 Å². The molecule has 3 rings (SSSR count). The molecular weight excluding hydrogens is 380 g/mol. The molecule has 0 aromatic heterocycles. The lowest BCUT2D eigenvalue weighted by molar-refractivity contribution is -0.111. The van der Waals surface area contributed by atoms with Crippen LogP contribution in [0.2, 0.25) is 0 Å². The van der Waals surface area contributed by atoms with Gasteiger partial charge in [0.25, 0.3) is 0 Å². The molecule has 0 saturated heterocycles. The molecule has 30 heavy (non-hydrogen) atoms. The average molecular weight is 400 g/mol. The van der Waals surface area contributed by atoms with E-state index in [0.29, 0.717) is 34.2 Å². The molecule has 0 atom stereocenters. The average Bonchev–Trinajstić information content (AvgIpc) is 2.79. The predicted molar refractivity (Wildman–Crippen MR) is 115 cm³/mol. The zero-order valence-electron chi connectivity index (χ0n) is 16.6. The molecule has 0 aliphatic heterocycles. The molecule has 1 N–H and O–H groups in total. The maximum absolute atomic E-state index is 12.2. The van der Waals surface area contributed by atoms with E-state index in [-0.39, 0.29) is 5.91 Å². The van der Waals surface area contributed by atoms with Gasteiger partial charge in [-0.05, 0) is 66.2 Å². The summed E-state index contributed by atoms with van der Waals surface area (Å²) in [4.78, 5) is 12.2. The van der Waals surface area contributed by atoms with Crippen LogP contribution >= 0.6 is 0 Å². The van der Waals surface area contributed by atoms with E-state index < -0.39 is 0 Å². The molecule has 0 saturated carbocycles. The highest BCUT2D eigenvalue weighted by molar-refractivity contribution is 6.02. The normalized spacial score (nSPS) is 10.3. The van der Waals surface area contributed by atoms with Crippen molar-refractivity contribution in [2.75, 3.05) is 19.5 Å². The van der Waals surface area contributed by atoms with Crippen molar-refractivity contribution >= 4 is 17.7 Å². The van der Waals surface area contributed by atoms with Crippen LogP contribution in [0.3, 0.4) is 0 Å². The summed E-state index contributed by atoms with van der Waals surface area (Å²) in [6.45, 7) is 0. The van der Waals surface area contributed by atoms with Crippen molar-refractivity contribution in [3.8, 4) is 29.1 Å². The Morgan fingerprint density at radius 1 is 0.933 bits per heavy atom.